The number of carbonyl (C=O) groups is 2. The zero-order chi connectivity index (χ0) is 13.0. The molecule has 1 atom stereocenters. The Hall–Kier alpha value is -1.42. The van der Waals surface area contributed by atoms with E-state index in [1.807, 2.05) is 19.1 Å². The first-order valence-electron chi connectivity index (χ1n) is 5.08. The Labute approximate surface area is 108 Å². The van der Waals surface area contributed by atoms with Gasteiger partial charge >= 0.3 is 5.97 Å². The fourth-order valence-electron chi connectivity index (χ4n) is 1.44. The van der Waals surface area contributed by atoms with Gasteiger partial charge in [0.05, 0.1) is 4.83 Å². The van der Waals surface area contributed by atoms with Crippen molar-refractivity contribution >= 4 is 33.8 Å². The smallest absolute Gasteiger partial charge is 0.328 e. The summed E-state index contributed by atoms with van der Waals surface area (Å²) in [5.74, 6) is -0.936. The molecule has 1 aromatic rings. The van der Waals surface area contributed by atoms with Crippen LogP contribution in [0.25, 0.3) is 6.08 Å². The molecule has 4 heteroatoms. The van der Waals surface area contributed by atoms with Crippen LogP contribution in [0.1, 0.15) is 28.4 Å². The third kappa shape index (κ3) is 3.82. The molecule has 0 fully saturated rings. The maximum atomic E-state index is 11.2. The van der Waals surface area contributed by atoms with Crippen LogP contribution in [0.5, 0.6) is 0 Å². The minimum Gasteiger partial charge on any atom is -0.478 e. The summed E-state index contributed by atoms with van der Waals surface area (Å²) >= 11 is 3.31. The third-order valence-corrected chi connectivity index (χ3v) is 3.52. The topological polar surface area (TPSA) is 54.4 Å². The molecule has 1 unspecified atom stereocenters. The molecule has 0 radical (unpaired) electrons. The first-order valence-corrected chi connectivity index (χ1v) is 5.99. The molecule has 3 nitrogen and oxygen atoms in total. The summed E-state index contributed by atoms with van der Waals surface area (Å²) in [5, 5.41) is 8.54. The van der Waals surface area contributed by atoms with Gasteiger partial charge in [-0.1, -0.05) is 34.1 Å². The van der Waals surface area contributed by atoms with Gasteiger partial charge in [-0.3, -0.25) is 4.79 Å². The largest absolute Gasteiger partial charge is 0.478 e. The average Bonchev–Trinajstić information content (AvgIpc) is 2.26. The summed E-state index contributed by atoms with van der Waals surface area (Å²) in [7, 11) is 0. The highest BCUT2D eigenvalue weighted by atomic mass is 79.9. The van der Waals surface area contributed by atoms with Crippen LogP contribution in [0.2, 0.25) is 0 Å². The first kappa shape index (κ1) is 13.6. The van der Waals surface area contributed by atoms with E-state index in [0.29, 0.717) is 0 Å². The van der Waals surface area contributed by atoms with Crippen LogP contribution in [0.15, 0.2) is 24.3 Å². The molecule has 0 aliphatic heterocycles. The number of benzene rings is 1. The summed E-state index contributed by atoms with van der Waals surface area (Å²) in [5.41, 5.74) is 2.65. The molecule has 0 bridgehead atoms. The molecule has 90 valence electrons. The molecule has 0 aliphatic carbocycles. The van der Waals surface area contributed by atoms with Gasteiger partial charge in [0.15, 0.2) is 0 Å². The van der Waals surface area contributed by atoms with Crippen molar-refractivity contribution in [3.8, 4) is 0 Å². The normalized spacial score (nSPS) is 12.6. The van der Waals surface area contributed by atoms with Gasteiger partial charge in [-0.15, -0.1) is 0 Å². The van der Waals surface area contributed by atoms with Crippen LogP contribution in [0.4, 0.5) is 0 Å². The fourth-order valence-corrected chi connectivity index (χ4v) is 1.72. The van der Waals surface area contributed by atoms with Crippen molar-refractivity contribution in [1.82, 2.24) is 0 Å². The van der Waals surface area contributed by atoms with E-state index in [4.69, 9.17) is 5.11 Å². The van der Waals surface area contributed by atoms with E-state index in [9.17, 15) is 9.59 Å². The predicted molar refractivity (Wildman–Crippen MR) is 70.2 cm³/mol. The van der Waals surface area contributed by atoms with Crippen LogP contribution >= 0.6 is 15.9 Å². The van der Waals surface area contributed by atoms with Crippen LogP contribution in [0.3, 0.4) is 0 Å². The Morgan fingerprint density at radius 1 is 1.41 bits per heavy atom. The van der Waals surface area contributed by atoms with Gasteiger partial charge in [0.2, 0.25) is 0 Å². The van der Waals surface area contributed by atoms with E-state index >= 15 is 0 Å². The van der Waals surface area contributed by atoms with Gasteiger partial charge in [0.25, 0.3) is 0 Å². The Kier molecular flexibility index (Phi) is 4.63. The molecular weight excluding hydrogens is 284 g/mol. The molecule has 0 amide bonds. The molecule has 0 heterocycles. The van der Waals surface area contributed by atoms with Crippen molar-refractivity contribution in [2.45, 2.75) is 18.7 Å². The number of rotatable bonds is 4. The maximum Gasteiger partial charge on any atom is 0.328 e. The van der Waals surface area contributed by atoms with Crippen LogP contribution in [-0.4, -0.2) is 16.9 Å². The predicted octanol–water partition coefficient (Wildman–Crippen LogP) is 3.12. The maximum absolute atomic E-state index is 11.2. The van der Waals surface area contributed by atoms with E-state index in [0.717, 1.165) is 22.8 Å². The number of hydrogen-bond acceptors (Lipinski definition) is 2. The Morgan fingerprint density at radius 2 is 2.06 bits per heavy atom. The first-order chi connectivity index (χ1) is 7.91. The number of carboxylic acids is 1. The summed E-state index contributed by atoms with van der Waals surface area (Å²) in [6.07, 6.45) is 2.64. The Morgan fingerprint density at radius 3 is 2.53 bits per heavy atom. The molecule has 1 N–H and O–H groups in total. The molecule has 1 aromatic carbocycles. The number of halogens is 1. The van der Waals surface area contributed by atoms with E-state index in [1.54, 1.807) is 12.1 Å². The molecule has 0 aromatic heterocycles. The molecule has 0 saturated heterocycles. The standard InChI is InChI=1S/C13H13BrO3/c1-8-7-11(13(14)9(2)15)4-3-10(8)5-6-12(16)17/h3-7,13H,1-2H3,(H,16,17)/b6-5+. The second-order valence-corrected chi connectivity index (χ2v) is 4.68. The summed E-state index contributed by atoms with van der Waals surface area (Å²) in [4.78, 5) is 21.3. The summed E-state index contributed by atoms with van der Waals surface area (Å²) < 4.78 is 0. The lowest BCUT2D eigenvalue weighted by molar-refractivity contribution is -0.131. The zero-order valence-electron chi connectivity index (χ0n) is 9.61. The second kappa shape index (κ2) is 5.77. The number of Topliss-reactive ketones (excluding diaryl/α,β-unsaturated/α-hetero) is 1. The van der Waals surface area contributed by atoms with Crippen molar-refractivity contribution in [1.29, 1.82) is 0 Å². The zero-order valence-corrected chi connectivity index (χ0v) is 11.2. The van der Waals surface area contributed by atoms with Crippen LogP contribution in [-0.2, 0) is 9.59 Å². The Balaban J connectivity index is 3.01. The van der Waals surface area contributed by atoms with Crippen LogP contribution < -0.4 is 0 Å². The summed E-state index contributed by atoms with van der Waals surface area (Å²) in [6.45, 7) is 3.40. The van der Waals surface area contributed by atoms with Crippen LogP contribution in [0, 0.1) is 6.92 Å². The van der Waals surface area contributed by atoms with Gasteiger partial charge in [-0.05, 0) is 36.6 Å². The molecular formula is C13H13BrO3. The van der Waals surface area contributed by atoms with Gasteiger partial charge in [0.1, 0.15) is 5.78 Å². The minimum absolute atomic E-state index is 0.0400. The number of carboxylic acid groups (broad SMARTS) is 1. The molecule has 17 heavy (non-hydrogen) atoms. The van der Waals surface area contributed by atoms with Crippen molar-refractivity contribution in [2.24, 2.45) is 0 Å². The van der Waals surface area contributed by atoms with Crippen molar-refractivity contribution in [3.63, 3.8) is 0 Å². The number of ketones is 1. The lowest BCUT2D eigenvalue weighted by atomic mass is 10.0. The van der Waals surface area contributed by atoms with Gasteiger partial charge in [-0.2, -0.15) is 0 Å². The second-order valence-electron chi connectivity index (χ2n) is 3.76. The molecule has 0 aliphatic rings. The lowest BCUT2D eigenvalue weighted by Crippen LogP contribution is -2.01. The number of carbonyl (C=O) groups excluding carboxylic acids is 1. The van der Waals surface area contributed by atoms with Crippen molar-refractivity contribution in [2.75, 3.05) is 0 Å². The highest BCUT2D eigenvalue weighted by Gasteiger charge is 2.12. The molecule has 0 spiro atoms. The van der Waals surface area contributed by atoms with Gasteiger partial charge < -0.3 is 5.11 Å². The number of hydrogen-bond donors (Lipinski definition) is 1. The average molecular weight is 297 g/mol. The number of alkyl halides is 1. The minimum atomic E-state index is -0.976. The van der Waals surface area contributed by atoms with Crippen molar-refractivity contribution in [3.05, 3.63) is 41.0 Å². The molecule has 0 saturated carbocycles. The fraction of sp³-hybridized carbons (Fsp3) is 0.231. The van der Waals surface area contributed by atoms with Crippen molar-refractivity contribution < 1.29 is 14.7 Å². The van der Waals surface area contributed by atoms with E-state index in [2.05, 4.69) is 15.9 Å². The SMILES string of the molecule is CC(=O)C(Br)c1ccc(/C=C/C(=O)O)c(C)c1. The van der Waals surface area contributed by atoms with E-state index < -0.39 is 5.97 Å². The number of aliphatic carboxylic acids is 1. The van der Waals surface area contributed by atoms with E-state index in [-0.39, 0.29) is 10.6 Å². The summed E-state index contributed by atoms with van der Waals surface area (Å²) in [6, 6.07) is 5.50. The third-order valence-electron chi connectivity index (χ3n) is 2.35. The molecule has 1 rings (SSSR count). The van der Waals surface area contributed by atoms with Gasteiger partial charge in [-0.25, -0.2) is 4.79 Å². The Bertz CT molecular complexity index is 478. The van der Waals surface area contributed by atoms with Gasteiger partial charge in [0, 0.05) is 6.08 Å². The van der Waals surface area contributed by atoms with E-state index in [1.165, 1.54) is 6.92 Å². The lowest BCUT2D eigenvalue weighted by Gasteiger charge is -2.09. The number of aryl methyl sites for hydroxylation is 1. The monoisotopic (exact) mass is 296 g/mol. The quantitative estimate of drug-likeness (QED) is 0.686. The highest BCUT2D eigenvalue weighted by molar-refractivity contribution is 9.09. The highest BCUT2D eigenvalue weighted by Crippen LogP contribution is 2.25.